The number of nitrogens with zero attached hydrogens (tertiary/aromatic N) is 1. The summed E-state index contributed by atoms with van der Waals surface area (Å²) in [6.45, 7) is 9.16. The van der Waals surface area contributed by atoms with E-state index in [1.165, 1.54) is 103 Å². The summed E-state index contributed by atoms with van der Waals surface area (Å²) in [7, 11) is 0. The van der Waals surface area contributed by atoms with E-state index in [4.69, 9.17) is 14.2 Å². The molecule has 322 valence electrons. The summed E-state index contributed by atoms with van der Waals surface area (Å²) in [5.74, 6) is 0.0225. The molecular formula is C44H82N2O8S. The highest BCUT2D eigenvalue weighted by atomic mass is 32.2. The SMILES string of the molecule is CCCCCCCCCCCCCC(=O)OCC(COC(=O)CCSCCN(CCNC(=O)CC)C(=O)CC)OC(=O)CCCCCCCCCCCCC. The highest BCUT2D eigenvalue weighted by Crippen LogP contribution is 2.15. The van der Waals surface area contributed by atoms with E-state index in [2.05, 4.69) is 19.2 Å². The first-order chi connectivity index (χ1) is 26.8. The lowest BCUT2D eigenvalue weighted by Gasteiger charge is -2.22. The van der Waals surface area contributed by atoms with Crippen molar-refractivity contribution in [2.24, 2.45) is 0 Å². The van der Waals surface area contributed by atoms with Crippen molar-refractivity contribution in [1.29, 1.82) is 0 Å². The Morgan fingerprint density at radius 3 is 1.40 bits per heavy atom. The van der Waals surface area contributed by atoms with Crippen LogP contribution in [0.15, 0.2) is 0 Å². The summed E-state index contributed by atoms with van der Waals surface area (Å²) in [5, 5.41) is 2.80. The lowest BCUT2D eigenvalue weighted by atomic mass is 10.1. The molecule has 55 heavy (non-hydrogen) atoms. The third kappa shape index (κ3) is 35.8. The molecule has 0 aliphatic carbocycles. The van der Waals surface area contributed by atoms with Crippen molar-refractivity contribution >= 4 is 41.5 Å². The predicted octanol–water partition coefficient (Wildman–Crippen LogP) is 10.3. The molecule has 1 atom stereocenters. The number of hydrogen-bond donors (Lipinski definition) is 1. The molecule has 0 bridgehead atoms. The van der Waals surface area contributed by atoms with E-state index >= 15 is 0 Å². The molecule has 0 fully saturated rings. The van der Waals surface area contributed by atoms with Gasteiger partial charge in [-0.1, -0.05) is 156 Å². The number of rotatable bonds is 40. The highest BCUT2D eigenvalue weighted by Gasteiger charge is 2.20. The molecule has 0 aliphatic heterocycles. The van der Waals surface area contributed by atoms with Crippen molar-refractivity contribution in [2.45, 2.75) is 207 Å². The Labute approximate surface area is 340 Å². The third-order valence-electron chi connectivity index (χ3n) is 9.76. The molecule has 0 aromatic rings. The van der Waals surface area contributed by atoms with Gasteiger partial charge in [0.15, 0.2) is 6.10 Å². The number of hydrogen-bond acceptors (Lipinski definition) is 9. The van der Waals surface area contributed by atoms with Crippen molar-refractivity contribution in [3.05, 3.63) is 0 Å². The van der Waals surface area contributed by atoms with E-state index in [1.807, 2.05) is 6.92 Å². The summed E-state index contributed by atoms with van der Waals surface area (Å²) < 4.78 is 16.6. The van der Waals surface area contributed by atoms with E-state index in [0.717, 1.165) is 38.5 Å². The van der Waals surface area contributed by atoms with Crippen LogP contribution in [0.3, 0.4) is 0 Å². The van der Waals surface area contributed by atoms with Gasteiger partial charge in [0.1, 0.15) is 13.2 Å². The molecule has 1 unspecified atom stereocenters. The van der Waals surface area contributed by atoms with Crippen molar-refractivity contribution in [3.63, 3.8) is 0 Å². The number of carbonyl (C=O) groups excluding carboxylic acids is 5. The van der Waals surface area contributed by atoms with Gasteiger partial charge in [-0.2, -0.15) is 11.8 Å². The minimum Gasteiger partial charge on any atom is -0.462 e. The Morgan fingerprint density at radius 1 is 0.509 bits per heavy atom. The lowest BCUT2D eigenvalue weighted by Crippen LogP contribution is -2.39. The largest absolute Gasteiger partial charge is 0.462 e. The van der Waals surface area contributed by atoms with Crippen molar-refractivity contribution in [2.75, 3.05) is 44.4 Å². The standard InChI is InChI=1S/C44H82N2O8S/c1-5-9-11-13-15-17-19-21-23-25-27-29-42(49)52-37-39(54-44(51)30-28-26-24-22-20-18-16-14-12-10-6-2)38-53-43(50)31-35-55-36-34-46(41(48)8-4)33-32-45-40(47)7-3/h39H,5-38H2,1-4H3,(H,45,47). The third-order valence-corrected chi connectivity index (χ3v) is 10.7. The van der Waals surface area contributed by atoms with Crippen LogP contribution in [0, 0.1) is 0 Å². The molecular weight excluding hydrogens is 717 g/mol. The maximum absolute atomic E-state index is 12.7. The second-order valence-corrected chi connectivity index (χ2v) is 16.1. The van der Waals surface area contributed by atoms with Gasteiger partial charge in [0, 0.05) is 56.8 Å². The normalized spacial score (nSPS) is 11.6. The van der Waals surface area contributed by atoms with Gasteiger partial charge in [-0.3, -0.25) is 24.0 Å². The summed E-state index contributed by atoms with van der Waals surface area (Å²) in [5.41, 5.74) is 0. The number of carbonyl (C=O) groups is 5. The van der Waals surface area contributed by atoms with Gasteiger partial charge in [0.2, 0.25) is 11.8 Å². The average Bonchev–Trinajstić information content (AvgIpc) is 3.18. The van der Waals surface area contributed by atoms with Gasteiger partial charge < -0.3 is 24.4 Å². The van der Waals surface area contributed by atoms with Crippen LogP contribution in [-0.2, 0) is 38.2 Å². The fourth-order valence-corrected chi connectivity index (χ4v) is 7.08. The summed E-state index contributed by atoms with van der Waals surface area (Å²) >= 11 is 1.54. The zero-order valence-electron chi connectivity index (χ0n) is 35.7. The lowest BCUT2D eigenvalue weighted by molar-refractivity contribution is -0.166. The predicted molar refractivity (Wildman–Crippen MR) is 226 cm³/mol. The number of nitrogens with one attached hydrogen (secondary N) is 1. The zero-order valence-corrected chi connectivity index (χ0v) is 36.6. The first-order valence-corrected chi connectivity index (χ1v) is 23.6. The van der Waals surface area contributed by atoms with Gasteiger partial charge in [0.25, 0.3) is 0 Å². The molecule has 0 radical (unpaired) electrons. The Balaban J connectivity index is 4.60. The first-order valence-electron chi connectivity index (χ1n) is 22.4. The van der Waals surface area contributed by atoms with E-state index in [9.17, 15) is 24.0 Å². The molecule has 0 aromatic carbocycles. The molecule has 1 N–H and O–H groups in total. The van der Waals surface area contributed by atoms with Gasteiger partial charge in [-0.15, -0.1) is 0 Å². The molecule has 0 heterocycles. The molecule has 0 aliphatic rings. The molecule has 0 saturated carbocycles. The molecule has 0 rings (SSSR count). The first kappa shape index (κ1) is 52.7. The zero-order chi connectivity index (χ0) is 40.6. The van der Waals surface area contributed by atoms with Gasteiger partial charge in [-0.05, 0) is 12.8 Å². The maximum atomic E-state index is 12.7. The monoisotopic (exact) mass is 799 g/mol. The van der Waals surface area contributed by atoms with E-state index < -0.39 is 12.1 Å². The van der Waals surface area contributed by atoms with Crippen molar-refractivity contribution < 1.29 is 38.2 Å². The Bertz CT molecular complexity index is 966. The molecule has 0 saturated heterocycles. The van der Waals surface area contributed by atoms with Gasteiger partial charge in [-0.25, -0.2) is 0 Å². The topological polar surface area (TPSA) is 128 Å². The van der Waals surface area contributed by atoms with Crippen LogP contribution in [0.25, 0.3) is 0 Å². The number of unbranched alkanes of at least 4 members (excludes halogenated alkanes) is 20. The van der Waals surface area contributed by atoms with E-state index in [-0.39, 0.29) is 49.8 Å². The maximum Gasteiger partial charge on any atom is 0.306 e. The second-order valence-electron chi connectivity index (χ2n) is 14.8. The van der Waals surface area contributed by atoms with Crippen LogP contribution in [0.2, 0.25) is 0 Å². The fraction of sp³-hybridized carbons (Fsp3) is 0.886. The second kappa shape index (κ2) is 39.9. The van der Waals surface area contributed by atoms with Crippen LogP contribution >= 0.6 is 11.8 Å². The molecule has 11 heteroatoms. The quantitative estimate of drug-likeness (QED) is 0.0366. The highest BCUT2D eigenvalue weighted by molar-refractivity contribution is 7.99. The molecule has 2 amide bonds. The number of amides is 2. The van der Waals surface area contributed by atoms with Crippen molar-refractivity contribution in [3.8, 4) is 0 Å². The van der Waals surface area contributed by atoms with Crippen molar-refractivity contribution in [1.82, 2.24) is 10.2 Å². The van der Waals surface area contributed by atoms with Crippen LogP contribution < -0.4 is 5.32 Å². The van der Waals surface area contributed by atoms with Crippen LogP contribution in [0.1, 0.15) is 201 Å². The Kier molecular flexibility index (Phi) is 38.2. The molecule has 0 aromatic heterocycles. The van der Waals surface area contributed by atoms with Crippen LogP contribution in [0.4, 0.5) is 0 Å². The number of ether oxygens (including phenoxy) is 3. The molecule has 10 nitrogen and oxygen atoms in total. The minimum atomic E-state index is -0.847. The van der Waals surface area contributed by atoms with Crippen LogP contribution in [-0.4, -0.2) is 85.1 Å². The summed E-state index contributed by atoms with van der Waals surface area (Å²) in [6.07, 6.45) is 27.0. The van der Waals surface area contributed by atoms with E-state index in [1.54, 1.807) is 23.6 Å². The Morgan fingerprint density at radius 2 is 0.945 bits per heavy atom. The summed E-state index contributed by atoms with van der Waals surface area (Å²) in [4.78, 5) is 63.4. The molecule has 0 spiro atoms. The smallest absolute Gasteiger partial charge is 0.306 e. The minimum absolute atomic E-state index is 0.0225. The van der Waals surface area contributed by atoms with Gasteiger partial charge in [0.05, 0.1) is 6.42 Å². The van der Waals surface area contributed by atoms with Crippen LogP contribution in [0.5, 0.6) is 0 Å². The Hall–Kier alpha value is -2.30. The summed E-state index contributed by atoms with van der Waals surface area (Å²) in [6, 6.07) is 0. The van der Waals surface area contributed by atoms with E-state index in [0.29, 0.717) is 50.4 Å². The fourth-order valence-electron chi connectivity index (χ4n) is 6.22. The average molecular weight is 799 g/mol. The number of esters is 3. The number of thioether (sulfide) groups is 1. The van der Waals surface area contributed by atoms with Gasteiger partial charge >= 0.3 is 17.9 Å².